The molecule has 2 aliphatic heterocycles. The molecule has 1 atom stereocenters. The van der Waals surface area contributed by atoms with Crippen LogP contribution < -0.4 is 11.2 Å². The van der Waals surface area contributed by atoms with Crippen molar-refractivity contribution in [3.05, 3.63) is 62.4 Å². The molecule has 0 bridgehead atoms. The van der Waals surface area contributed by atoms with Gasteiger partial charge in [0.1, 0.15) is 11.5 Å². The van der Waals surface area contributed by atoms with Crippen molar-refractivity contribution >= 4 is 21.8 Å². The van der Waals surface area contributed by atoms with Crippen LogP contribution >= 0.6 is 0 Å². The maximum atomic E-state index is 12.7. The summed E-state index contributed by atoms with van der Waals surface area (Å²) in [6, 6.07) is 7.88. The molecule has 2 aliphatic rings. The number of fused-ring (bicyclic) bond motifs is 1. The third-order valence-electron chi connectivity index (χ3n) is 5.65. The fourth-order valence-corrected chi connectivity index (χ4v) is 5.09. The molecule has 0 saturated carbocycles. The maximum absolute atomic E-state index is 12.7. The highest BCUT2D eigenvalue weighted by molar-refractivity contribution is 7.90. The van der Waals surface area contributed by atoms with Crippen molar-refractivity contribution in [2.24, 2.45) is 24.4 Å². The number of carbonyl (C=O) groups is 1. The van der Waals surface area contributed by atoms with Gasteiger partial charge in [0, 0.05) is 38.8 Å². The molecule has 11 heteroatoms. The van der Waals surface area contributed by atoms with Gasteiger partial charge in [-0.2, -0.15) is 8.42 Å². The van der Waals surface area contributed by atoms with E-state index in [0.29, 0.717) is 36.5 Å². The van der Waals surface area contributed by atoms with Gasteiger partial charge in [-0.25, -0.2) is 4.79 Å². The van der Waals surface area contributed by atoms with E-state index >= 15 is 0 Å². The molecular formula is C20H22N4O6S. The summed E-state index contributed by atoms with van der Waals surface area (Å²) in [5.74, 6) is -0.592. The first-order chi connectivity index (χ1) is 14.7. The van der Waals surface area contributed by atoms with Crippen LogP contribution in [0.1, 0.15) is 24.1 Å². The zero-order valence-electron chi connectivity index (χ0n) is 17.1. The Labute approximate surface area is 178 Å². The molecule has 31 heavy (non-hydrogen) atoms. The van der Waals surface area contributed by atoms with Gasteiger partial charge in [-0.05, 0) is 25.0 Å². The van der Waals surface area contributed by atoms with Gasteiger partial charge in [-0.15, -0.1) is 4.40 Å². The van der Waals surface area contributed by atoms with Crippen molar-refractivity contribution in [1.29, 1.82) is 0 Å². The number of carbonyl (C=O) groups excluding carboxylic acids is 1. The highest BCUT2D eigenvalue weighted by atomic mass is 32.2. The number of rotatable bonds is 3. The van der Waals surface area contributed by atoms with Crippen LogP contribution in [-0.2, 0) is 40.3 Å². The summed E-state index contributed by atoms with van der Waals surface area (Å²) in [5, 5.41) is 0. The predicted octanol–water partition coefficient (Wildman–Crippen LogP) is -0.0117. The Morgan fingerprint density at radius 2 is 1.94 bits per heavy atom. The maximum Gasteiger partial charge on any atom is 0.330 e. The van der Waals surface area contributed by atoms with Crippen LogP contribution in [0, 0.1) is 5.92 Å². The Kier molecular flexibility index (Phi) is 5.29. The second kappa shape index (κ2) is 7.80. The largest absolute Gasteiger partial charge is 0.459 e. The first-order valence-electron chi connectivity index (χ1n) is 9.81. The highest BCUT2D eigenvalue weighted by Gasteiger charge is 2.35. The second-order valence-corrected chi connectivity index (χ2v) is 9.23. The minimum Gasteiger partial charge on any atom is -0.459 e. The summed E-state index contributed by atoms with van der Waals surface area (Å²) < 4.78 is 36.2. The van der Waals surface area contributed by atoms with Crippen LogP contribution in [0.4, 0.5) is 0 Å². The molecule has 0 unspecified atom stereocenters. The average Bonchev–Trinajstić information content (AvgIpc) is 3.05. The van der Waals surface area contributed by atoms with Crippen molar-refractivity contribution in [2.75, 3.05) is 13.1 Å². The standard InChI is InChI=1S/C20H22N4O6S/c1-22-14(10-17(25)23(2)20(22)27)12-30-19(26)13-6-5-9-24(11-13)18-15-7-3-4-8-16(15)31(28,29)21-18/h3-4,7-8,10,13H,5-6,9,11-12H2,1-2H3/t13-/m1/s1. The van der Waals surface area contributed by atoms with Gasteiger partial charge in [-0.1, -0.05) is 12.1 Å². The van der Waals surface area contributed by atoms with Crippen molar-refractivity contribution in [1.82, 2.24) is 14.0 Å². The first kappa shape index (κ1) is 21.0. The topological polar surface area (TPSA) is 120 Å². The van der Waals surface area contributed by atoms with Crippen LogP contribution in [0.15, 0.2) is 49.2 Å². The van der Waals surface area contributed by atoms with Gasteiger partial charge in [0.15, 0.2) is 5.84 Å². The van der Waals surface area contributed by atoms with Gasteiger partial charge < -0.3 is 9.64 Å². The fourth-order valence-electron chi connectivity index (χ4n) is 3.86. The lowest BCUT2D eigenvalue weighted by Crippen LogP contribution is -2.43. The van der Waals surface area contributed by atoms with Crippen LogP contribution in [-0.4, -0.2) is 47.3 Å². The zero-order chi connectivity index (χ0) is 22.3. The molecule has 10 nitrogen and oxygen atoms in total. The summed E-state index contributed by atoms with van der Waals surface area (Å²) in [7, 11) is -0.859. The number of hydrogen-bond acceptors (Lipinski definition) is 7. The van der Waals surface area contributed by atoms with Gasteiger partial charge in [0.25, 0.3) is 15.6 Å². The number of aromatic nitrogens is 2. The van der Waals surface area contributed by atoms with E-state index in [4.69, 9.17) is 4.74 Å². The molecule has 2 aromatic rings. The number of sulfonamides is 1. The number of likely N-dealkylation sites (tertiary alicyclic amines) is 1. The molecule has 1 saturated heterocycles. The molecule has 164 valence electrons. The summed E-state index contributed by atoms with van der Waals surface area (Å²) in [6.07, 6.45) is 1.26. The molecule has 1 fully saturated rings. The molecule has 1 aromatic carbocycles. The molecule has 0 aliphatic carbocycles. The third-order valence-corrected chi connectivity index (χ3v) is 6.98. The molecule has 4 rings (SSSR count). The van der Waals surface area contributed by atoms with Crippen LogP contribution in [0.5, 0.6) is 0 Å². The summed E-state index contributed by atoms with van der Waals surface area (Å²) >= 11 is 0. The van der Waals surface area contributed by atoms with E-state index in [1.54, 1.807) is 23.1 Å². The average molecular weight is 446 g/mol. The van der Waals surface area contributed by atoms with Crippen molar-refractivity contribution in [3.63, 3.8) is 0 Å². The number of amidine groups is 1. The Hall–Kier alpha value is -3.21. The number of esters is 1. The summed E-state index contributed by atoms with van der Waals surface area (Å²) in [5.41, 5.74) is -0.139. The zero-order valence-corrected chi connectivity index (χ0v) is 18.0. The number of benzene rings is 1. The Bertz CT molecular complexity index is 1310. The predicted molar refractivity (Wildman–Crippen MR) is 111 cm³/mol. The molecule has 0 N–H and O–H groups in total. The normalized spacial score (nSPS) is 19.6. The number of piperidine rings is 1. The lowest BCUT2D eigenvalue weighted by atomic mass is 9.97. The van der Waals surface area contributed by atoms with Gasteiger partial charge in [0.2, 0.25) is 0 Å². The van der Waals surface area contributed by atoms with Gasteiger partial charge in [-0.3, -0.25) is 18.7 Å². The number of hydrogen-bond donors (Lipinski definition) is 0. The summed E-state index contributed by atoms with van der Waals surface area (Å²) in [6.45, 7) is 0.655. The van der Waals surface area contributed by atoms with Crippen LogP contribution in [0.3, 0.4) is 0 Å². The van der Waals surface area contributed by atoms with E-state index in [-0.39, 0.29) is 18.0 Å². The van der Waals surface area contributed by atoms with Crippen LogP contribution in [0.2, 0.25) is 0 Å². The van der Waals surface area contributed by atoms with Gasteiger partial charge >= 0.3 is 11.7 Å². The lowest BCUT2D eigenvalue weighted by molar-refractivity contribution is -0.151. The molecule has 3 heterocycles. The third kappa shape index (κ3) is 3.80. The number of nitrogens with zero attached hydrogens (tertiary/aromatic N) is 4. The van der Waals surface area contributed by atoms with Crippen molar-refractivity contribution < 1.29 is 17.9 Å². The SMILES string of the molecule is Cn1c(COC(=O)[C@@H]2CCCN(C3=NS(=O)(=O)c4ccccc43)C2)cc(=O)n(C)c1=O. The Morgan fingerprint density at radius 1 is 1.19 bits per heavy atom. The second-order valence-electron chi connectivity index (χ2n) is 7.65. The highest BCUT2D eigenvalue weighted by Crippen LogP contribution is 2.30. The van der Waals surface area contributed by atoms with E-state index in [9.17, 15) is 22.8 Å². The van der Waals surface area contributed by atoms with E-state index in [1.807, 2.05) is 0 Å². The minimum absolute atomic E-state index is 0.168. The molecule has 0 spiro atoms. The van der Waals surface area contributed by atoms with Crippen molar-refractivity contribution in [3.8, 4) is 0 Å². The van der Waals surface area contributed by atoms with E-state index in [0.717, 1.165) is 4.57 Å². The van der Waals surface area contributed by atoms with Crippen LogP contribution in [0.25, 0.3) is 0 Å². The molecule has 0 radical (unpaired) electrons. The molecule has 0 amide bonds. The fraction of sp³-hybridized carbons (Fsp3) is 0.400. The van der Waals surface area contributed by atoms with Gasteiger partial charge in [0.05, 0.1) is 11.6 Å². The van der Waals surface area contributed by atoms with E-state index < -0.39 is 33.2 Å². The Balaban J connectivity index is 1.48. The minimum atomic E-state index is -3.74. The first-order valence-corrected chi connectivity index (χ1v) is 11.2. The quantitative estimate of drug-likeness (QED) is 0.608. The number of ether oxygens (including phenoxy) is 1. The van der Waals surface area contributed by atoms with E-state index in [1.165, 1.54) is 30.8 Å². The smallest absolute Gasteiger partial charge is 0.330 e. The Morgan fingerprint density at radius 3 is 2.71 bits per heavy atom. The summed E-state index contributed by atoms with van der Waals surface area (Å²) in [4.78, 5) is 38.5. The molecule has 1 aromatic heterocycles. The molecular weight excluding hydrogens is 424 g/mol. The van der Waals surface area contributed by atoms with E-state index in [2.05, 4.69) is 4.40 Å². The lowest BCUT2D eigenvalue weighted by Gasteiger charge is -2.33. The van der Waals surface area contributed by atoms with Crippen molar-refractivity contribution in [2.45, 2.75) is 24.3 Å². The monoisotopic (exact) mass is 446 g/mol.